The van der Waals surface area contributed by atoms with Crippen LogP contribution in [0.1, 0.15) is 12.8 Å². The monoisotopic (exact) mass is 339 g/mol. The Morgan fingerprint density at radius 3 is 2.83 bits per heavy atom. The number of halogens is 2. The highest BCUT2D eigenvalue weighted by Crippen LogP contribution is 2.33. The van der Waals surface area contributed by atoms with Crippen LogP contribution in [-0.2, 0) is 4.74 Å². The zero-order valence-electron chi connectivity index (χ0n) is 12.8. The lowest BCUT2D eigenvalue weighted by molar-refractivity contribution is 0.0137. The number of nitrogens with zero attached hydrogens (tertiary/aromatic N) is 3. The summed E-state index contributed by atoms with van der Waals surface area (Å²) >= 11 is 1.37. The minimum atomic E-state index is -0.579. The number of benzene rings is 1. The summed E-state index contributed by atoms with van der Waals surface area (Å²) in [4.78, 5) is 9.11. The van der Waals surface area contributed by atoms with E-state index in [-0.39, 0.29) is 5.52 Å². The molecule has 3 heterocycles. The molecule has 2 aliphatic heterocycles. The lowest BCUT2D eigenvalue weighted by Crippen LogP contribution is -2.51. The quantitative estimate of drug-likeness (QED) is 0.841. The molecule has 0 N–H and O–H groups in total. The SMILES string of the molecule is Fc1cc(F)c2nc(N3CCCC(N4CCOCC4)C3)sc2c1. The second kappa shape index (κ2) is 6.30. The predicted molar refractivity (Wildman–Crippen MR) is 87.2 cm³/mol. The molecule has 1 atom stereocenters. The van der Waals surface area contributed by atoms with Gasteiger partial charge in [-0.3, -0.25) is 4.90 Å². The van der Waals surface area contributed by atoms with Crippen molar-refractivity contribution in [1.82, 2.24) is 9.88 Å². The lowest BCUT2D eigenvalue weighted by atomic mass is 10.0. The van der Waals surface area contributed by atoms with Crippen LogP contribution in [-0.4, -0.2) is 55.3 Å². The number of morpholine rings is 1. The molecule has 2 aromatic rings. The van der Waals surface area contributed by atoms with Crippen molar-refractivity contribution in [2.24, 2.45) is 0 Å². The Morgan fingerprint density at radius 1 is 1.17 bits per heavy atom. The fourth-order valence-corrected chi connectivity index (χ4v) is 4.49. The van der Waals surface area contributed by atoms with E-state index in [9.17, 15) is 8.78 Å². The van der Waals surface area contributed by atoms with Gasteiger partial charge in [0, 0.05) is 38.3 Å². The lowest BCUT2D eigenvalue weighted by Gasteiger charge is -2.40. The maximum absolute atomic E-state index is 13.9. The van der Waals surface area contributed by atoms with Gasteiger partial charge in [-0.1, -0.05) is 11.3 Å². The van der Waals surface area contributed by atoms with Crippen molar-refractivity contribution in [3.63, 3.8) is 0 Å². The first-order valence-corrected chi connectivity index (χ1v) is 8.85. The van der Waals surface area contributed by atoms with Crippen LogP contribution in [0.25, 0.3) is 10.2 Å². The van der Waals surface area contributed by atoms with Gasteiger partial charge < -0.3 is 9.64 Å². The van der Waals surface area contributed by atoms with E-state index in [0.717, 1.165) is 57.0 Å². The minimum Gasteiger partial charge on any atom is -0.379 e. The highest BCUT2D eigenvalue weighted by Gasteiger charge is 2.28. The van der Waals surface area contributed by atoms with E-state index in [0.29, 0.717) is 10.7 Å². The van der Waals surface area contributed by atoms with Gasteiger partial charge in [0.05, 0.1) is 17.9 Å². The molecule has 0 radical (unpaired) electrons. The fourth-order valence-electron chi connectivity index (χ4n) is 3.45. The third-order valence-corrected chi connectivity index (χ3v) is 5.69. The number of hydrogen-bond donors (Lipinski definition) is 0. The van der Waals surface area contributed by atoms with Crippen molar-refractivity contribution in [1.29, 1.82) is 0 Å². The summed E-state index contributed by atoms with van der Waals surface area (Å²) in [7, 11) is 0. The van der Waals surface area contributed by atoms with E-state index in [1.807, 2.05) is 0 Å². The summed E-state index contributed by atoms with van der Waals surface area (Å²) in [5, 5.41) is 0.794. The molecular formula is C16H19F2N3OS. The topological polar surface area (TPSA) is 28.6 Å². The molecule has 0 spiro atoms. The summed E-state index contributed by atoms with van der Waals surface area (Å²) in [6.45, 7) is 5.34. The molecule has 2 fully saturated rings. The Labute approximate surface area is 137 Å². The molecule has 0 saturated carbocycles. The van der Waals surface area contributed by atoms with Crippen LogP contribution in [0.15, 0.2) is 12.1 Å². The van der Waals surface area contributed by atoms with Crippen LogP contribution in [0.3, 0.4) is 0 Å². The van der Waals surface area contributed by atoms with Gasteiger partial charge in [0.1, 0.15) is 11.3 Å². The number of ether oxygens (including phenoxy) is 1. The van der Waals surface area contributed by atoms with Crippen molar-refractivity contribution >= 4 is 26.7 Å². The summed E-state index contributed by atoms with van der Waals surface area (Å²) in [6.07, 6.45) is 2.26. The zero-order valence-corrected chi connectivity index (χ0v) is 13.6. The maximum atomic E-state index is 13.9. The predicted octanol–water partition coefficient (Wildman–Crippen LogP) is 2.88. The van der Waals surface area contributed by atoms with Gasteiger partial charge in [-0.05, 0) is 18.9 Å². The molecule has 124 valence electrons. The van der Waals surface area contributed by atoms with E-state index in [1.54, 1.807) is 0 Å². The largest absolute Gasteiger partial charge is 0.379 e. The highest BCUT2D eigenvalue weighted by molar-refractivity contribution is 7.22. The molecule has 23 heavy (non-hydrogen) atoms. The first-order chi connectivity index (χ1) is 11.2. The molecule has 1 aromatic heterocycles. The smallest absolute Gasteiger partial charge is 0.186 e. The molecule has 2 aliphatic rings. The highest BCUT2D eigenvalue weighted by atomic mass is 32.1. The molecule has 1 unspecified atom stereocenters. The Bertz CT molecular complexity index is 702. The number of anilines is 1. The number of fused-ring (bicyclic) bond motifs is 1. The van der Waals surface area contributed by atoms with E-state index >= 15 is 0 Å². The summed E-state index contributed by atoms with van der Waals surface area (Å²) in [5.41, 5.74) is 0.278. The molecule has 0 bridgehead atoms. The molecule has 1 aromatic carbocycles. The van der Waals surface area contributed by atoms with Gasteiger partial charge in [-0.2, -0.15) is 0 Å². The number of rotatable bonds is 2. The number of aromatic nitrogens is 1. The van der Waals surface area contributed by atoms with Crippen molar-refractivity contribution in [2.45, 2.75) is 18.9 Å². The van der Waals surface area contributed by atoms with E-state index in [1.165, 1.54) is 23.8 Å². The van der Waals surface area contributed by atoms with Crippen molar-refractivity contribution in [2.75, 3.05) is 44.3 Å². The Hall–Kier alpha value is -1.31. The van der Waals surface area contributed by atoms with Gasteiger partial charge >= 0.3 is 0 Å². The summed E-state index contributed by atoms with van der Waals surface area (Å²) < 4.78 is 33.2. The van der Waals surface area contributed by atoms with Crippen molar-refractivity contribution in [3.05, 3.63) is 23.8 Å². The second-order valence-electron chi connectivity index (χ2n) is 6.12. The van der Waals surface area contributed by atoms with Crippen molar-refractivity contribution < 1.29 is 13.5 Å². The van der Waals surface area contributed by atoms with E-state index in [4.69, 9.17) is 4.74 Å². The van der Waals surface area contributed by atoms with Crippen LogP contribution in [0.4, 0.5) is 13.9 Å². The standard InChI is InChI=1S/C16H19F2N3OS/c17-11-8-13(18)15-14(9-11)23-16(19-15)21-3-1-2-12(10-21)20-4-6-22-7-5-20/h8-9,12H,1-7,10H2. The molecule has 4 nitrogen and oxygen atoms in total. The van der Waals surface area contributed by atoms with Gasteiger partial charge in [0.2, 0.25) is 0 Å². The molecule has 2 saturated heterocycles. The average Bonchev–Trinajstić information content (AvgIpc) is 3.00. The molecule has 7 heteroatoms. The average molecular weight is 339 g/mol. The third-order valence-electron chi connectivity index (χ3n) is 4.63. The van der Waals surface area contributed by atoms with Crippen LogP contribution in [0, 0.1) is 11.6 Å². The Kier molecular flexibility index (Phi) is 4.17. The van der Waals surface area contributed by atoms with Gasteiger partial charge in [0.15, 0.2) is 10.9 Å². The first-order valence-electron chi connectivity index (χ1n) is 8.03. The van der Waals surface area contributed by atoms with Crippen LogP contribution in [0.2, 0.25) is 0 Å². The zero-order chi connectivity index (χ0) is 15.8. The van der Waals surface area contributed by atoms with Gasteiger partial charge in [0.25, 0.3) is 0 Å². The summed E-state index contributed by atoms with van der Waals surface area (Å²) in [6, 6.07) is 2.75. The molecule has 0 aliphatic carbocycles. The van der Waals surface area contributed by atoms with E-state index in [2.05, 4.69) is 14.8 Å². The number of thiazole rings is 1. The van der Waals surface area contributed by atoms with Crippen LogP contribution >= 0.6 is 11.3 Å². The van der Waals surface area contributed by atoms with Crippen molar-refractivity contribution in [3.8, 4) is 0 Å². The van der Waals surface area contributed by atoms with E-state index < -0.39 is 11.6 Å². The molecular weight excluding hydrogens is 320 g/mol. The van der Waals surface area contributed by atoms with Crippen LogP contribution in [0.5, 0.6) is 0 Å². The maximum Gasteiger partial charge on any atom is 0.186 e. The molecule has 4 rings (SSSR count). The fraction of sp³-hybridized carbons (Fsp3) is 0.562. The van der Waals surface area contributed by atoms with Gasteiger partial charge in [-0.15, -0.1) is 0 Å². The van der Waals surface area contributed by atoms with Crippen LogP contribution < -0.4 is 4.90 Å². The van der Waals surface area contributed by atoms with Gasteiger partial charge in [-0.25, -0.2) is 13.8 Å². The second-order valence-corrected chi connectivity index (χ2v) is 7.13. The molecule has 0 amide bonds. The Morgan fingerprint density at radius 2 is 2.00 bits per heavy atom. The first kappa shape index (κ1) is 15.2. The number of hydrogen-bond acceptors (Lipinski definition) is 5. The number of piperidine rings is 1. The Balaban J connectivity index is 1.56. The third kappa shape index (κ3) is 3.05. The normalized spacial score (nSPS) is 23.6. The summed E-state index contributed by atoms with van der Waals surface area (Å²) in [5.74, 6) is -1.13. The minimum absolute atomic E-state index is 0.278.